The van der Waals surface area contributed by atoms with Gasteiger partial charge >= 0.3 is 0 Å². The van der Waals surface area contributed by atoms with Crippen LogP contribution in [0.4, 0.5) is 0 Å². The van der Waals surface area contributed by atoms with E-state index in [0.717, 1.165) is 160 Å². The molecule has 10 heteroatoms. The molecular weight excluding hydrogens is 1150 g/mol. The Balaban J connectivity index is 0.678. The summed E-state index contributed by atoms with van der Waals surface area (Å²) in [5.74, 6) is 3.41. The maximum Gasteiger partial charge on any atom is 0.164 e. The third-order valence-corrected chi connectivity index (χ3v) is 18.1. The maximum atomic E-state index is 6.85. The van der Waals surface area contributed by atoms with E-state index < -0.39 is 0 Å². The summed E-state index contributed by atoms with van der Waals surface area (Å²) in [7, 11) is 0. The van der Waals surface area contributed by atoms with Gasteiger partial charge in [-0.15, -0.1) is 0 Å². The molecule has 0 amide bonds. The number of hydrogen-bond acceptors (Lipinski definition) is 9. The summed E-state index contributed by atoms with van der Waals surface area (Å²) in [5.41, 5.74) is 19.5. The lowest BCUT2D eigenvalue weighted by Gasteiger charge is -2.11. The minimum atomic E-state index is 0.540. The monoisotopic (exact) mass is 1200 g/mol. The van der Waals surface area contributed by atoms with Crippen molar-refractivity contribution in [1.29, 1.82) is 0 Å². The Kier molecular flexibility index (Phi) is 12.0. The molecule has 0 spiro atoms. The van der Waals surface area contributed by atoms with Gasteiger partial charge in [0.1, 0.15) is 33.5 Å². The van der Waals surface area contributed by atoms with Crippen molar-refractivity contribution in [2.75, 3.05) is 0 Å². The fraction of sp³-hybridized carbons (Fsp3) is 0. The van der Waals surface area contributed by atoms with Gasteiger partial charge in [0.25, 0.3) is 0 Å². The topological polar surface area (TPSA) is 122 Å². The highest BCUT2D eigenvalue weighted by Gasteiger charge is 2.22. The Bertz CT molecular complexity index is 6250. The molecule has 19 rings (SSSR count). The fourth-order valence-corrected chi connectivity index (χ4v) is 13.7. The van der Waals surface area contributed by atoms with Crippen molar-refractivity contribution >= 4 is 87.6 Å². The summed E-state index contributed by atoms with van der Waals surface area (Å²) < 4.78 is 22.2. The summed E-state index contributed by atoms with van der Waals surface area (Å²) in [6.07, 6.45) is 0. The lowest BCUT2D eigenvalue weighted by Crippen LogP contribution is -2.00. The standard InChI is InChI=1S/C84H49N7O3/c1-4-18-50(19-5-1)53-24-14-26-56(44-53)81-85-79(51-20-6-2-7-21-51)87-83(89-81)59-38-42-65-66-43-39-60(49-76(66)94-75(65)48-59)91-69-32-12-10-28-67(69)77-61(30-16-33-70(77)91)54-25-15-27-57(45-54)82-86-80(52-22-8-3-9-23-52)88-84(90-82)58-37-41-64-63-40-36-55(46-73(63)93-74(64)47-58)62-31-17-35-72-78(62)68-29-11-13-34-71(68)92-72/h1-49H. The SMILES string of the molecule is c1ccc(-c2cccc(-c3nc(-c4ccccc4)nc(-c4ccc5c(c4)oc4cc(-n6c7ccccc7c7c(-c8cccc(-c9nc(-c%10ccccc%10)nc(-c%10ccc%11c(c%10)oc%10cc(-c%12cccc%13oc%14ccccc%14c%12%13)ccc%10%11)n9)c8)cccc76)ccc45)n3)c2)cc1. The zero-order valence-electron chi connectivity index (χ0n) is 50.1. The highest BCUT2D eigenvalue weighted by molar-refractivity contribution is 6.17. The van der Waals surface area contributed by atoms with Crippen LogP contribution in [-0.4, -0.2) is 34.5 Å². The number of rotatable bonds is 10. The van der Waals surface area contributed by atoms with Gasteiger partial charge in [-0.25, -0.2) is 29.9 Å². The van der Waals surface area contributed by atoms with Crippen molar-refractivity contribution in [3.05, 3.63) is 297 Å². The predicted octanol–water partition coefficient (Wildman–Crippen LogP) is 21.9. The van der Waals surface area contributed by atoms with E-state index in [1.165, 1.54) is 0 Å². The van der Waals surface area contributed by atoms with Gasteiger partial charge in [-0.3, -0.25) is 0 Å². The van der Waals surface area contributed by atoms with Crippen molar-refractivity contribution < 1.29 is 13.3 Å². The summed E-state index contributed by atoms with van der Waals surface area (Å²) in [6, 6.07) is 102. The van der Waals surface area contributed by atoms with E-state index in [1.807, 2.05) is 103 Å². The molecule has 0 aliphatic rings. The van der Waals surface area contributed by atoms with Gasteiger partial charge in [0.15, 0.2) is 34.9 Å². The molecular formula is C84H49N7O3. The quantitative estimate of drug-likeness (QED) is 0.132. The first-order valence-corrected chi connectivity index (χ1v) is 31.3. The largest absolute Gasteiger partial charge is 0.456 e. The Morgan fingerprint density at radius 2 is 0.574 bits per heavy atom. The molecule has 6 heterocycles. The number of aromatic nitrogens is 7. The molecule has 0 atom stereocenters. The van der Waals surface area contributed by atoms with Gasteiger partial charge in [0, 0.05) is 88.2 Å². The zero-order chi connectivity index (χ0) is 61.8. The van der Waals surface area contributed by atoms with Crippen molar-refractivity contribution in [2.45, 2.75) is 0 Å². The number of para-hydroxylation sites is 2. The van der Waals surface area contributed by atoms with Gasteiger partial charge < -0.3 is 17.8 Å². The fourth-order valence-electron chi connectivity index (χ4n) is 13.7. The first-order chi connectivity index (χ1) is 46.5. The van der Waals surface area contributed by atoms with E-state index in [9.17, 15) is 0 Å². The molecule has 10 nitrogen and oxygen atoms in total. The van der Waals surface area contributed by atoms with Crippen LogP contribution >= 0.6 is 0 Å². The molecule has 6 aromatic heterocycles. The predicted molar refractivity (Wildman–Crippen MR) is 378 cm³/mol. The van der Waals surface area contributed by atoms with Gasteiger partial charge in [-0.2, -0.15) is 0 Å². The number of benzene rings is 13. The molecule has 0 saturated heterocycles. The van der Waals surface area contributed by atoms with Gasteiger partial charge in [0.05, 0.1) is 11.0 Å². The first kappa shape index (κ1) is 53.0. The molecule has 0 radical (unpaired) electrons. The Morgan fingerprint density at radius 1 is 0.202 bits per heavy atom. The van der Waals surface area contributed by atoms with Crippen LogP contribution in [0.3, 0.4) is 0 Å². The van der Waals surface area contributed by atoms with Gasteiger partial charge in [0.2, 0.25) is 0 Å². The lowest BCUT2D eigenvalue weighted by atomic mass is 9.97. The number of furan rings is 3. The number of fused-ring (bicyclic) bond motifs is 12. The summed E-state index contributed by atoms with van der Waals surface area (Å²) >= 11 is 0. The van der Waals surface area contributed by atoms with Crippen molar-refractivity contribution in [3.8, 4) is 107 Å². The highest BCUT2D eigenvalue weighted by Crippen LogP contribution is 2.44. The number of nitrogens with zero attached hydrogens (tertiary/aromatic N) is 7. The Hall–Kier alpha value is -12.9. The molecule has 0 aliphatic heterocycles. The first-order valence-electron chi connectivity index (χ1n) is 31.3. The summed E-state index contributed by atoms with van der Waals surface area (Å²) in [6.45, 7) is 0. The molecule has 0 N–H and O–H groups in total. The Morgan fingerprint density at radius 3 is 1.18 bits per heavy atom. The Labute approximate surface area is 537 Å². The van der Waals surface area contributed by atoms with Crippen molar-refractivity contribution in [1.82, 2.24) is 34.5 Å². The smallest absolute Gasteiger partial charge is 0.164 e. The molecule has 0 aliphatic carbocycles. The third kappa shape index (κ3) is 8.87. The lowest BCUT2D eigenvalue weighted by molar-refractivity contribution is 0.668. The van der Waals surface area contributed by atoms with E-state index in [4.69, 9.17) is 43.2 Å². The van der Waals surface area contributed by atoms with E-state index >= 15 is 0 Å². The number of hydrogen-bond donors (Lipinski definition) is 0. The molecule has 19 aromatic rings. The van der Waals surface area contributed by atoms with Crippen LogP contribution in [0.5, 0.6) is 0 Å². The minimum Gasteiger partial charge on any atom is -0.456 e. The van der Waals surface area contributed by atoms with Crippen LogP contribution in [0, 0.1) is 0 Å². The second kappa shape index (κ2) is 21.4. The van der Waals surface area contributed by atoms with Crippen LogP contribution in [0.1, 0.15) is 0 Å². The van der Waals surface area contributed by atoms with Crippen LogP contribution < -0.4 is 0 Å². The van der Waals surface area contributed by atoms with Crippen molar-refractivity contribution in [2.24, 2.45) is 0 Å². The minimum absolute atomic E-state index is 0.540. The molecule has 0 fully saturated rings. The molecule has 94 heavy (non-hydrogen) atoms. The summed E-state index contributed by atoms with van der Waals surface area (Å²) in [5, 5.41) is 8.48. The van der Waals surface area contributed by atoms with Crippen LogP contribution in [0.2, 0.25) is 0 Å². The van der Waals surface area contributed by atoms with Gasteiger partial charge in [-0.05, 0) is 118 Å². The zero-order valence-corrected chi connectivity index (χ0v) is 50.1. The van der Waals surface area contributed by atoms with E-state index in [1.54, 1.807) is 0 Å². The van der Waals surface area contributed by atoms with Crippen LogP contribution in [0.25, 0.3) is 195 Å². The molecule has 13 aromatic carbocycles. The van der Waals surface area contributed by atoms with Crippen molar-refractivity contribution in [3.63, 3.8) is 0 Å². The maximum absolute atomic E-state index is 6.85. The van der Waals surface area contributed by atoms with E-state index in [2.05, 4.69) is 199 Å². The average molecular weight is 1200 g/mol. The second-order valence-electron chi connectivity index (χ2n) is 23.7. The van der Waals surface area contributed by atoms with Crippen LogP contribution in [-0.2, 0) is 0 Å². The molecule has 0 saturated carbocycles. The second-order valence-corrected chi connectivity index (χ2v) is 23.7. The average Bonchev–Trinajstić information content (AvgIpc) is 1.58. The van der Waals surface area contributed by atoms with Crippen LogP contribution in [0.15, 0.2) is 311 Å². The summed E-state index contributed by atoms with van der Waals surface area (Å²) in [4.78, 5) is 30.8. The van der Waals surface area contributed by atoms with Gasteiger partial charge in [-0.1, -0.05) is 206 Å². The third-order valence-electron chi connectivity index (χ3n) is 18.1. The molecule has 0 unspecified atom stereocenters. The molecule has 0 bridgehead atoms. The molecule has 438 valence electrons. The van der Waals surface area contributed by atoms with E-state index in [0.29, 0.717) is 34.9 Å². The van der Waals surface area contributed by atoms with E-state index in [-0.39, 0.29) is 0 Å². The highest BCUT2D eigenvalue weighted by atomic mass is 16.3. The normalized spacial score (nSPS) is 11.8.